The van der Waals surface area contributed by atoms with Crippen molar-refractivity contribution < 1.29 is 13.9 Å². The van der Waals surface area contributed by atoms with Gasteiger partial charge in [-0.3, -0.25) is 4.79 Å². The molecule has 1 aliphatic carbocycles. The summed E-state index contributed by atoms with van der Waals surface area (Å²) >= 11 is 7.56. The van der Waals surface area contributed by atoms with Crippen molar-refractivity contribution >= 4 is 40.1 Å². The molecule has 0 unspecified atom stereocenters. The van der Waals surface area contributed by atoms with Crippen LogP contribution < -0.4 is 10.1 Å². The molecule has 2 heterocycles. The van der Waals surface area contributed by atoms with E-state index in [4.69, 9.17) is 25.7 Å². The molecule has 2 aromatic heterocycles. The second-order valence-corrected chi connectivity index (χ2v) is 9.92. The number of benzene rings is 2. The lowest BCUT2D eigenvalue weighted by Crippen LogP contribution is -2.23. The first-order valence-corrected chi connectivity index (χ1v) is 12.8. The number of nitrogens with one attached hydrogen (secondary N) is 1. The summed E-state index contributed by atoms with van der Waals surface area (Å²) in [6.07, 6.45) is 7.60. The van der Waals surface area contributed by atoms with Gasteiger partial charge in [0.15, 0.2) is 0 Å². The second-order valence-electron chi connectivity index (χ2n) is 8.40. The van der Waals surface area contributed by atoms with Gasteiger partial charge in [0, 0.05) is 16.1 Å². The molecule has 178 valence electrons. The van der Waals surface area contributed by atoms with E-state index in [-0.39, 0.29) is 5.91 Å². The SMILES string of the molecule is O=C(NCc1ccco1)c1c(N=Cc2ccc(OCc3ccc(Cl)cc3)cc2)sc2c1CCCC2. The Kier molecular flexibility index (Phi) is 7.31. The maximum atomic E-state index is 13.1. The van der Waals surface area contributed by atoms with Gasteiger partial charge in [-0.15, -0.1) is 11.3 Å². The van der Waals surface area contributed by atoms with Crippen LogP contribution >= 0.6 is 22.9 Å². The van der Waals surface area contributed by atoms with Gasteiger partial charge in [0.2, 0.25) is 0 Å². The maximum Gasteiger partial charge on any atom is 0.255 e. The van der Waals surface area contributed by atoms with Crippen LogP contribution in [0.3, 0.4) is 0 Å². The van der Waals surface area contributed by atoms with Crippen LogP contribution in [-0.2, 0) is 26.0 Å². The average molecular weight is 505 g/mol. The van der Waals surface area contributed by atoms with Crippen LogP contribution in [0.1, 0.15) is 50.5 Å². The fourth-order valence-corrected chi connectivity index (χ4v) is 5.43. The normalized spacial score (nSPS) is 13.1. The number of rotatable bonds is 8. The van der Waals surface area contributed by atoms with Gasteiger partial charge in [0.05, 0.1) is 18.4 Å². The van der Waals surface area contributed by atoms with Crippen LogP contribution in [-0.4, -0.2) is 12.1 Å². The average Bonchev–Trinajstić information content (AvgIpc) is 3.54. The highest BCUT2D eigenvalue weighted by Gasteiger charge is 2.25. The highest BCUT2D eigenvalue weighted by atomic mass is 35.5. The van der Waals surface area contributed by atoms with Crippen LogP contribution in [0.4, 0.5) is 5.00 Å². The van der Waals surface area contributed by atoms with E-state index < -0.39 is 0 Å². The van der Waals surface area contributed by atoms with Crippen LogP contribution in [0.5, 0.6) is 5.75 Å². The minimum Gasteiger partial charge on any atom is -0.489 e. The first-order chi connectivity index (χ1) is 17.2. The number of aliphatic imine (C=N–C) groups is 1. The van der Waals surface area contributed by atoms with Crippen molar-refractivity contribution in [2.45, 2.75) is 38.8 Å². The number of hydrogen-bond acceptors (Lipinski definition) is 5. The number of nitrogens with zero attached hydrogens (tertiary/aromatic N) is 1. The van der Waals surface area contributed by atoms with E-state index in [0.29, 0.717) is 23.7 Å². The summed E-state index contributed by atoms with van der Waals surface area (Å²) in [4.78, 5) is 19.1. The summed E-state index contributed by atoms with van der Waals surface area (Å²) in [6, 6.07) is 19.1. The standard InChI is InChI=1S/C28H25ClN2O3S/c29-21-11-7-20(8-12-21)18-34-22-13-9-19(10-14-22)16-31-28-26(24-5-1-2-6-25(24)35-28)27(32)30-17-23-4-3-15-33-23/h3-4,7-16H,1-2,5-6,17-18H2,(H,30,32). The van der Waals surface area contributed by atoms with Crippen LogP contribution in [0.25, 0.3) is 0 Å². The molecule has 0 bridgehead atoms. The first-order valence-electron chi connectivity index (χ1n) is 11.6. The molecule has 0 aliphatic heterocycles. The zero-order chi connectivity index (χ0) is 24.0. The van der Waals surface area contributed by atoms with Crippen molar-refractivity contribution in [1.82, 2.24) is 5.32 Å². The van der Waals surface area contributed by atoms with E-state index in [1.54, 1.807) is 17.6 Å². The van der Waals surface area contributed by atoms with Gasteiger partial charge in [0.1, 0.15) is 23.1 Å². The molecule has 4 aromatic rings. The predicted octanol–water partition coefficient (Wildman–Crippen LogP) is 7.13. The molecule has 1 aliphatic rings. The van der Waals surface area contributed by atoms with E-state index in [0.717, 1.165) is 58.9 Å². The third-order valence-corrected chi connectivity index (χ3v) is 7.36. The van der Waals surface area contributed by atoms with Crippen molar-refractivity contribution in [1.29, 1.82) is 0 Å². The van der Waals surface area contributed by atoms with Gasteiger partial charge >= 0.3 is 0 Å². The van der Waals surface area contributed by atoms with E-state index >= 15 is 0 Å². The molecule has 35 heavy (non-hydrogen) atoms. The molecule has 0 atom stereocenters. The zero-order valence-electron chi connectivity index (χ0n) is 19.1. The molecule has 1 N–H and O–H groups in total. The Morgan fingerprint density at radius 2 is 1.89 bits per heavy atom. The highest BCUT2D eigenvalue weighted by molar-refractivity contribution is 7.16. The van der Waals surface area contributed by atoms with E-state index in [1.165, 1.54) is 4.88 Å². The maximum absolute atomic E-state index is 13.1. The Morgan fingerprint density at radius 3 is 2.66 bits per heavy atom. The van der Waals surface area contributed by atoms with Crippen molar-refractivity contribution in [2.75, 3.05) is 0 Å². The Balaban J connectivity index is 1.28. The number of ether oxygens (including phenoxy) is 1. The van der Waals surface area contributed by atoms with Crippen LogP contribution in [0.15, 0.2) is 76.3 Å². The number of aryl methyl sites for hydroxylation is 1. The quantitative estimate of drug-likeness (QED) is 0.259. The third kappa shape index (κ3) is 5.84. The largest absolute Gasteiger partial charge is 0.489 e. The molecule has 0 fully saturated rings. The smallest absolute Gasteiger partial charge is 0.255 e. The predicted molar refractivity (Wildman–Crippen MR) is 140 cm³/mol. The van der Waals surface area contributed by atoms with Gasteiger partial charge in [-0.05, 0) is 90.9 Å². The summed E-state index contributed by atoms with van der Waals surface area (Å²) in [6.45, 7) is 0.832. The molecule has 0 saturated carbocycles. The molecule has 0 spiro atoms. The number of halogens is 1. The van der Waals surface area contributed by atoms with Gasteiger partial charge in [-0.1, -0.05) is 23.7 Å². The van der Waals surface area contributed by atoms with Gasteiger partial charge in [0.25, 0.3) is 5.91 Å². The van der Waals surface area contributed by atoms with E-state index in [9.17, 15) is 4.79 Å². The molecule has 2 aromatic carbocycles. The lowest BCUT2D eigenvalue weighted by molar-refractivity contribution is 0.0948. The van der Waals surface area contributed by atoms with Crippen molar-refractivity contribution in [3.05, 3.63) is 105 Å². The van der Waals surface area contributed by atoms with Gasteiger partial charge in [-0.2, -0.15) is 0 Å². The summed E-state index contributed by atoms with van der Waals surface area (Å²) < 4.78 is 11.2. The fourth-order valence-electron chi connectivity index (χ4n) is 4.08. The lowest BCUT2D eigenvalue weighted by atomic mass is 9.95. The highest BCUT2D eigenvalue weighted by Crippen LogP contribution is 2.40. The summed E-state index contributed by atoms with van der Waals surface area (Å²) in [5, 5.41) is 4.46. The summed E-state index contributed by atoms with van der Waals surface area (Å²) in [7, 11) is 0. The van der Waals surface area contributed by atoms with Crippen molar-refractivity contribution in [3.8, 4) is 5.75 Å². The Labute approximate surface area is 213 Å². The molecule has 5 rings (SSSR count). The number of carbonyl (C=O) groups is 1. The van der Waals surface area contributed by atoms with E-state index in [2.05, 4.69) is 5.32 Å². The molecule has 0 radical (unpaired) electrons. The molecule has 1 amide bonds. The Morgan fingerprint density at radius 1 is 1.09 bits per heavy atom. The molecular weight excluding hydrogens is 480 g/mol. The van der Waals surface area contributed by atoms with Crippen LogP contribution in [0, 0.1) is 0 Å². The topological polar surface area (TPSA) is 63.8 Å². The number of furan rings is 1. The molecule has 0 saturated heterocycles. The van der Waals surface area contributed by atoms with Gasteiger partial charge < -0.3 is 14.5 Å². The monoisotopic (exact) mass is 504 g/mol. The molecular formula is C28H25ClN2O3S. The Bertz CT molecular complexity index is 1310. The van der Waals surface area contributed by atoms with Crippen molar-refractivity contribution in [2.24, 2.45) is 4.99 Å². The van der Waals surface area contributed by atoms with E-state index in [1.807, 2.05) is 66.9 Å². The molecule has 5 nitrogen and oxygen atoms in total. The summed E-state index contributed by atoms with van der Waals surface area (Å²) in [5.74, 6) is 1.41. The van der Waals surface area contributed by atoms with Crippen LogP contribution in [0.2, 0.25) is 5.02 Å². The summed E-state index contributed by atoms with van der Waals surface area (Å²) in [5.41, 5.74) is 3.85. The number of thiophene rings is 1. The first kappa shape index (κ1) is 23.4. The Hall–Kier alpha value is -3.35. The minimum absolute atomic E-state index is 0.0982. The fraction of sp³-hybridized carbons (Fsp3) is 0.214. The molecule has 7 heteroatoms. The number of hydrogen-bond donors (Lipinski definition) is 1. The number of amides is 1. The minimum atomic E-state index is -0.0982. The number of fused-ring (bicyclic) bond motifs is 1. The van der Waals surface area contributed by atoms with Gasteiger partial charge in [-0.25, -0.2) is 4.99 Å². The van der Waals surface area contributed by atoms with Crippen molar-refractivity contribution in [3.63, 3.8) is 0 Å². The number of carbonyl (C=O) groups excluding carboxylic acids is 1. The second kappa shape index (κ2) is 10.9. The third-order valence-electron chi connectivity index (χ3n) is 5.91. The lowest BCUT2D eigenvalue weighted by Gasteiger charge is -2.12. The zero-order valence-corrected chi connectivity index (χ0v) is 20.7.